The van der Waals surface area contributed by atoms with E-state index in [0.29, 0.717) is 61.1 Å². The zero-order valence-electron chi connectivity index (χ0n) is 26.2. The summed E-state index contributed by atoms with van der Waals surface area (Å²) in [6.45, 7) is 9.53. The number of aryl methyl sites for hydroxylation is 2. The predicted octanol–water partition coefficient (Wildman–Crippen LogP) is 5.78. The first-order valence-electron chi connectivity index (χ1n) is 14.6. The fourth-order valence-corrected chi connectivity index (χ4v) is 6.29. The average molecular weight is 638 g/mol. The summed E-state index contributed by atoms with van der Waals surface area (Å²) >= 11 is 5.96. The maximum Gasteiger partial charge on any atom is 0.337 e. The molecule has 1 amide bonds. The molecule has 1 aliphatic heterocycles. The third-order valence-electron chi connectivity index (χ3n) is 8.31. The number of methoxy groups -OCH3 is 2. The number of pyridine rings is 2. The molecule has 1 aromatic carbocycles. The standard InChI is InChI=1S/C33H37ClFN5O5/c1-19-13-28(36-20(2)29(19)32(42)43)38-11-12-40(33(3,4)18-38)31(41)27-10-8-23-24(21-7-9-25(34)26(35)14-21)15-39(30(23)37-27)22(16-44-5)17-45-6/h7-10,13-15,22H,11-12,16-18H2,1-6H3,(H,42,43). The molecule has 45 heavy (non-hydrogen) atoms. The van der Waals surface area contributed by atoms with E-state index in [9.17, 15) is 19.1 Å². The normalized spacial score (nSPS) is 14.9. The molecule has 5 rings (SSSR count). The molecule has 1 N–H and O–H groups in total. The van der Waals surface area contributed by atoms with Crippen molar-refractivity contribution >= 4 is 40.3 Å². The van der Waals surface area contributed by atoms with E-state index < -0.39 is 17.3 Å². The van der Waals surface area contributed by atoms with Crippen LogP contribution in [0.3, 0.4) is 0 Å². The first-order chi connectivity index (χ1) is 21.4. The van der Waals surface area contributed by atoms with Gasteiger partial charge in [-0.1, -0.05) is 17.7 Å². The Bertz CT molecular complexity index is 1740. The number of fused-ring (bicyclic) bond motifs is 1. The van der Waals surface area contributed by atoms with E-state index in [1.807, 2.05) is 35.6 Å². The maximum absolute atomic E-state index is 14.5. The smallest absolute Gasteiger partial charge is 0.337 e. The molecule has 0 atom stereocenters. The minimum absolute atomic E-state index is 0.0335. The van der Waals surface area contributed by atoms with Gasteiger partial charge in [-0.25, -0.2) is 19.2 Å². The second kappa shape index (κ2) is 12.7. The lowest BCUT2D eigenvalue weighted by molar-refractivity contribution is 0.0507. The maximum atomic E-state index is 14.5. The van der Waals surface area contributed by atoms with Gasteiger partial charge in [0.15, 0.2) is 0 Å². The number of hydrogen-bond acceptors (Lipinski definition) is 7. The SMILES string of the molecule is COCC(COC)n1cc(-c2ccc(Cl)c(F)c2)c2ccc(C(=O)N3CCN(c4cc(C)c(C(=O)O)c(C)n4)CC3(C)C)nc21. The number of nitrogens with zero attached hydrogens (tertiary/aromatic N) is 5. The molecule has 1 saturated heterocycles. The van der Waals surface area contributed by atoms with E-state index in [1.54, 1.807) is 46.3 Å². The summed E-state index contributed by atoms with van der Waals surface area (Å²) < 4.78 is 27.3. The lowest BCUT2D eigenvalue weighted by Gasteiger charge is -2.47. The van der Waals surface area contributed by atoms with Gasteiger partial charge in [-0.15, -0.1) is 0 Å². The highest BCUT2D eigenvalue weighted by Gasteiger charge is 2.38. The number of hydrogen-bond donors (Lipinski definition) is 1. The third-order valence-corrected chi connectivity index (χ3v) is 8.61. The Hall–Kier alpha value is -4.06. The molecule has 0 saturated carbocycles. The monoisotopic (exact) mass is 637 g/mol. The number of aromatic carboxylic acids is 1. The van der Waals surface area contributed by atoms with Gasteiger partial charge in [-0.2, -0.15) is 0 Å². The number of carboxylic acid groups (broad SMARTS) is 1. The number of carbonyl (C=O) groups excluding carboxylic acids is 1. The van der Waals surface area contributed by atoms with Gasteiger partial charge in [-0.05, 0) is 69.2 Å². The molecular formula is C33H37ClFN5O5. The van der Waals surface area contributed by atoms with Crippen molar-refractivity contribution in [2.24, 2.45) is 0 Å². The minimum atomic E-state index is -1.00. The fourth-order valence-electron chi connectivity index (χ4n) is 6.17. The number of anilines is 1. The number of amides is 1. The van der Waals surface area contributed by atoms with Crippen molar-refractivity contribution < 1.29 is 28.6 Å². The fraction of sp³-hybridized carbons (Fsp3) is 0.394. The molecule has 0 spiro atoms. The van der Waals surface area contributed by atoms with Crippen LogP contribution in [0.4, 0.5) is 10.2 Å². The highest BCUT2D eigenvalue weighted by atomic mass is 35.5. The van der Waals surface area contributed by atoms with Crippen LogP contribution in [0.1, 0.15) is 52.0 Å². The van der Waals surface area contributed by atoms with E-state index in [0.717, 1.165) is 10.9 Å². The molecule has 1 fully saturated rings. The van der Waals surface area contributed by atoms with Crippen LogP contribution in [0.15, 0.2) is 42.6 Å². The summed E-state index contributed by atoms with van der Waals surface area (Å²) in [4.78, 5) is 39.1. The Balaban J connectivity index is 1.49. The first-order valence-corrected chi connectivity index (χ1v) is 15.0. The predicted molar refractivity (Wildman–Crippen MR) is 171 cm³/mol. The van der Waals surface area contributed by atoms with E-state index in [1.165, 1.54) is 12.1 Å². The van der Waals surface area contributed by atoms with Crippen LogP contribution in [-0.4, -0.2) is 89.0 Å². The Kier molecular flexibility index (Phi) is 9.16. The number of carboxylic acids is 1. The van der Waals surface area contributed by atoms with Crippen molar-refractivity contribution in [3.8, 4) is 11.1 Å². The number of piperazine rings is 1. The van der Waals surface area contributed by atoms with Crippen LogP contribution in [0.25, 0.3) is 22.2 Å². The van der Waals surface area contributed by atoms with Gasteiger partial charge in [0.25, 0.3) is 5.91 Å². The quantitative estimate of drug-likeness (QED) is 0.246. The molecule has 10 nitrogen and oxygen atoms in total. The van der Waals surface area contributed by atoms with E-state index in [-0.39, 0.29) is 28.2 Å². The molecular weight excluding hydrogens is 601 g/mol. The summed E-state index contributed by atoms with van der Waals surface area (Å²) in [5.41, 5.74) is 2.91. The number of benzene rings is 1. The van der Waals surface area contributed by atoms with Crippen molar-refractivity contribution in [3.05, 3.63) is 75.9 Å². The second-order valence-electron chi connectivity index (χ2n) is 12.0. The van der Waals surface area contributed by atoms with Gasteiger partial charge >= 0.3 is 5.97 Å². The Morgan fingerprint density at radius 1 is 1.07 bits per heavy atom. The van der Waals surface area contributed by atoms with Crippen LogP contribution in [0.2, 0.25) is 5.02 Å². The molecule has 4 aromatic rings. The van der Waals surface area contributed by atoms with Crippen LogP contribution in [-0.2, 0) is 9.47 Å². The second-order valence-corrected chi connectivity index (χ2v) is 12.4. The van der Waals surface area contributed by atoms with Crippen LogP contribution in [0.5, 0.6) is 0 Å². The number of rotatable bonds is 9. The van der Waals surface area contributed by atoms with E-state index in [4.69, 9.17) is 26.1 Å². The van der Waals surface area contributed by atoms with Crippen LogP contribution in [0, 0.1) is 19.7 Å². The summed E-state index contributed by atoms with van der Waals surface area (Å²) in [6.07, 6.45) is 1.88. The van der Waals surface area contributed by atoms with Gasteiger partial charge in [-0.3, -0.25) is 4.79 Å². The largest absolute Gasteiger partial charge is 0.478 e. The van der Waals surface area contributed by atoms with Crippen molar-refractivity contribution in [1.82, 2.24) is 19.4 Å². The summed E-state index contributed by atoms with van der Waals surface area (Å²) in [5, 5.41) is 10.3. The Morgan fingerprint density at radius 2 is 1.78 bits per heavy atom. The van der Waals surface area contributed by atoms with E-state index >= 15 is 0 Å². The highest BCUT2D eigenvalue weighted by molar-refractivity contribution is 6.30. The van der Waals surface area contributed by atoms with Gasteiger partial charge in [0.05, 0.1) is 41.1 Å². The van der Waals surface area contributed by atoms with Crippen LogP contribution < -0.4 is 4.90 Å². The zero-order valence-corrected chi connectivity index (χ0v) is 27.0. The van der Waals surface area contributed by atoms with E-state index in [2.05, 4.69) is 9.88 Å². The summed E-state index contributed by atoms with van der Waals surface area (Å²) in [6, 6.07) is 9.73. The molecule has 12 heteroatoms. The van der Waals surface area contributed by atoms with Gasteiger partial charge in [0, 0.05) is 51.0 Å². The van der Waals surface area contributed by atoms with Crippen molar-refractivity contribution in [2.45, 2.75) is 39.3 Å². The molecule has 4 heterocycles. The zero-order chi connectivity index (χ0) is 32.6. The van der Waals surface area contributed by atoms with Gasteiger partial charge < -0.3 is 28.9 Å². The molecule has 0 aliphatic carbocycles. The highest BCUT2D eigenvalue weighted by Crippen LogP contribution is 2.35. The topological polar surface area (TPSA) is 110 Å². The molecule has 0 radical (unpaired) electrons. The summed E-state index contributed by atoms with van der Waals surface area (Å²) in [5.74, 6) is -1.07. The molecule has 0 unspecified atom stereocenters. The first kappa shape index (κ1) is 32.3. The number of carbonyl (C=O) groups is 2. The lowest BCUT2D eigenvalue weighted by atomic mass is 9.97. The molecule has 0 bridgehead atoms. The van der Waals surface area contributed by atoms with Crippen molar-refractivity contribution in [1.29, 1.82) is 0 Å². The van der Waals surface area contributed by atoms with Gasteiger partial charge in [0.1, 0.15) is 23.0 Å². The van der Waals surface area contributed by atoms with Crippen molar-refractivity contribution in [2.75, 3.05) is 52.0 Å². The summed E-state index contributed by atoms with van der Waals surface area (Å²) in [7, 11) is 3.21. The number of aromatic nitrogens is 3. The van der Waals surface area contributed by atoms with Gasteiger partial charge in [0.2, 0.25) is 0 Å². The Morgan fingerprint density at radius 3 is 2.38 bits per heavy atom. The number of halogens is 2. The van der Waals surface area contributed by atoms with Crippen LogP contribution >= 0.6 is 11.6 Å². The molecule has 1 aliphatic rings. The average Bonchev–Trinajstić information content (AvgIpc) is 3.36. The third kappa shape index (κ3) is 6.25. The molecule has 238 valence electrons. The number of ether oxygens (including phenoxy) is 2. The lowest BCUT2D eigenvalue weighted by Crippen LogP contribution is -2.61. The van der Waals surface area contributed by atoms with Crippen molar-refractivity contribution in [3.63, 3.8) is 0 Å². The Labute approximate surface area is 266 Å². The molecule has 3 aromatic heterocycles. The minimum Gasteiger partial charge on any atom is -0.478 e.